The van der Waals surface area contributed by atoms with Gasteiger partial charge in [-0.1, -0.05) is 11.6 Å². The third-order valence-corrected chi connectivity index (χ3v) is 11.7. The number of ether oxygens (including phenoxy) is 4. The van der Waals surface area contributed by atoms with Crippen LogP contribution in [0, 0.1) is 24.7 Å². The Kier molecular flexibility index (Phi) is 9.95. The average molecular weight is 747 g/mol. The molecule has 4 saturated carbocycles. The van der Waals surface area contributed by atoms with E-state index in [9.17, 15) is 29.7 Å². The van der Waals surface area contributed by atoms with Crippen LogP contribution in [0.3, 0.4) is 0 Å². The van der Waals surface area contributed by atoms with Gasteiger partial charge in [0.1, 0.15) is 23.2 Å². The lowest BCUT2D eigenvalue weighted by Gasteiger charge is -2.56. The van der Waals surface area contributed by atoms with Gasteiger partial charge in [0.15, 0.2) is 23.6 Å². The molecule has 8 rings (SSSR count). The molecule has 0 radical (unpaired) electrons. The van der Waals surface area contributed by atoms with Gasteiger partial charge in [-0.25, -0.2) is 9.59 Å². The van der Waals surface area contributed by atoms with Crippen molar-refractivity contribution in [2.24, 2.45) is 17.8 Å². The van der Waals surface area contributed by atoms with Gasteiger partial charge in [-0.3, -0.25) is 4.79 Å². The highest BCUT2D eigenvalue weighted by molar-refractivity contribution is 6.06. The minimum atomic E-state index is -1.47. The van der Waals surface area contributed by atoms with Crippen LogP contribution in [0.5, 0.6) is 17.2 Å². The molecule has 5 N–H and O–H groups in total. The van der Waals surface area contributed by atoms with Crippen molar-refractivity contribution in [3.8, 4) is 17.2 Å². The molecule has 2 heterocycles. The summed E-state index contributed by atoms with van der Waals surface area (Å²) in [7, 11) is 1.46. The van der Waals surface area contributed by atoms with Crippen molar-refractivity contribution < 1.29 is 48.3 Å². The summed E-state index contributed by atoms with van der Waals surface area (Å²) in [5.41, 5.74) is -0.799. The van der Waals surface area contributed by atoms with Gasteiger partial charge >= 0.3 is 11.7 Å². The van der Waals surface area contributed by atoms with Gasteiger partial charge in [0.05, 0.1) is 11.0 Å². The first-order chi connectivity index (χ1) is 25.6. The highest BCUT2D eigenvalue weighted by atomic mass is 16.7. The first kappa shape index (κ1) is 37.7. The Morgan fingerprint density at radius 3 is 2.31 bits per heavy atom. The summed E-state index contributed by atoms with van der Waals surface area (Å²) in [5.74, 6) is 0.855. The molecular weight excluding hydrogens is 696 g/mol. The van der Waals surface area contributed by atoms with Crippen molar-refractivity contribution in [2.45, 2.75) is 115 Å². The first-order valence-corrected chi connectivity index (χ1v) is 18.7. The predicted molar refractivity (Wildman–Crippen MR) is 199 cm³/mol. The van der Waals surface area contributed by atoms with Gasteiger partial charge in [0.2, 0.25) is 6.29 Å². The van der Waals surface area contributed by atoms with Gasteiger partial charge in [0, 0.05) is 23.8 Å². The van der Waals surface area contributed by atoms with Crippen LogP contribution in [0.2, 0.25) is 0 Å². The number of allylic oxidation sites excluding steroid dienone is 2. The number of phenolic OH excluding ortho intramolecular Hbond substituents is 1. The fraction of sp³-hybridized carbons (Fsp3) is 0.537. The molecule has 0 unspecified atom stereocenters. The summed E-state index contributed by atoms with van der Waals surface area (Å²) in [5, 5.41) is 38.8. The fourth-order valence-electron chi connectivity index (χ4n) is 9.56. The maximum atomic E-state index is 13.5. The van der Waals surface area contributed by atoms with Crippen molar-refractivity contribution in [3.05, 3.63) is 69.1 Å². The van der Waals surface area contributed by atoms with Crippen molar-refractivity contribution >= 4 is 28.7 Å². The van der Waals surface area contributed by atoms with Crippen molar-refractivity contribution in [3.63, 3.8) is 0 Å². The minimum absolute atomic E-state index is 0.0104. The molecule has 13 nitrogen and oxygen atoms in total. The number of aromatic hydroxyl groups is 2. The number of benzene rings is 2. The second-order valence-corrected chi connectivity index (χ2v) is 16.5. The SMILES string of the molecule is CO[C@@H]1[C@@H](OC(=O)NC23C[C@H]4C[C@@H](C2)C[C@@H](C3)C4)[C@@H](O)[C@H](Oc2ccc3c(O)c(NC(=O)c4ccc(O)c(CC=C(C)C)c4)c(=O)oc3c2C)OC1(C)C. The van der Waals surface area contributed by atoms with Gasteiger partial charge in [-0.15, -0.1) is 0 Å². The van der Waals surface area contributed by atoms with E-state index in [1.54, 1.807) is 20.8 Å². The molecule has 1 aliphatic heterocycles. The van der Waals surface area contributed by atoms with Gasteiger partial charge < -0.3 is 49.3 Å². The number of aliphatic hydroxyl groups is 1. The zero-order chi connectivity index (χ0) is 38.7. The van der Waals surface area contributed by atoms with Gasteiger partial charge in [-0.05, 0) is 133 Å². The number of phenols is 1. The van der Waals surface area contributed by atoms with Crippen molar-refractivity contribution in [2.75, 3.05) is 12.4 Å². The molecule has 4 aliphatic carbocycles. The third kappa shape index (κ3) is 7.16. The second kappa shape index (κ2) is 14.2. The van der Waals surface area contributed by atoms with E-state index in [-0.39, 0.29) is 33.6 Å². The summed E-state index contributed by atoms with van der Waals surface area (Å²) in [6.07, 6.45) is 3.40. The van der Waals surface area contributed by atoms with E-state index in [4.69, 9.17) is 23.4 Å². The molecule has 13 heteroatoms. The summed E-state index contributed by atoms with van der Waals surface area (Å²) in [6.45, 7) is 8.95. The Hall–Kier alpha value is -4.59. The Bertz CT molecular complexity index is 2010. The number of nitrogens with one attached hydrogen (secondary N) is 2. The number of anilines is 1. The number of hydrogen-bond donors (Lipinski definition) is 5. The van der Waals surface area contributed by atoms with Crippen LogP contribution >= 0.6 is 0 Å². The number of aliphatic hydroxyl groups excluding tert-OH is 1. The molecule has 2 aromatic carbocycles. The van der Waals surface area contributed by atoms with Crippen LogP contribution in [0.15, 0.2) is 51.2 Å². The molecule has 3 aromatic rings. The number of hydrogen-bond acceptors (Lipinski definition) is 11. The topological polar surface area (TPSA) is 186 Å². The summed E-state index contributed by atoms with van der Waals surface area (Å²) in [6, 6.07) is 7.29. The van der Waals surface area contributed by atoms with E-state index >= 15 is 0 Å². The molecule has 2 amide bonds. The Morgan fingerprint density at radius 1 is 1.02 bits per heavy atom. The largest absolute Gasteiger partial charge is 0.508 e. The first-order valence-electron chi connectivity index (χ1n) is 18.7. The minimum Gasteiger partial charge on any atom is -0.508 e. The molecular formula is C41H50N2O11. The van der Waals surface area contributed by atoms with Crippen molar-refractivity contribution in [1.29, 1.82) is 0 Å². The summed E-state index contributed by atoms with van der Waals surface area (Å²) in [4.78, 5) is 39.9. The third-order valence-electron chi connectivity index (χ3n) is 11.7. The summed E-state index contributed by atoms with van der Waals surface area (Å²) >= 11 is 0. The molecule has 5 aliphatic rings. The predicted octanol–water partition coefficient (Wildman–Crippen LogP) is 6.23. The second-order valence-electron chi connectivity index (χ2n) is 16.5. The van der Waals surface area contributed by atoms with E-state index in [1.807, 2.05) is 19.9 Å². The quantitative estimate of drug-likeness (QED) is 0.124. The lowest BCUT2D eigenvalue weighted by Crippen LogP contribution is -2.66. The number of carbonyl (C=O) groups is 2. The number of carbonyl (C=O) groups excluding carboxylic acids is 2. The van der Waals surface area contributed by atoms with E-state index in [0.717, 1.165) is 24.8 Å². The molecule has 0 spiro atoms. The zero-order valence-electron chi connectivity index (χ0n) is 31.6. The van der Waals surface area contributed by atoms with E-state index in [0.29, 0.717) is 35.3 Å². The standard InChI is InChI=1S/C41H50N2O11/c1-20(2)7-8-25-16-26(9-11-28(25)44)36(47)42-30-31(45)27-10-12-29(21(3)33(27)52-37(30)48)51-38-32(46)34(35(50-6)40(4,5)54-38)53-39(49)43-41-17-22-13-23(18-41)15-24(14-22)19-41/h7,9-12,16,22-24,32,34-35,38,44-46H,8,13-15,17-19H2,1-6H3,(H,42,47)(H,43,49)/t22-,23+,24-,32-,34+,35-,38-,41?/m1/s1. The molecule has 4 atom stereocenters. The number of rotatable bonds is 9. The lowest BCUT2D eigenvalue weighted by atomic mass is 9.53. The van der Waals surface area contributed by atoms with Crippen LogP contribution in [0.1, 0.15) is 87.7 Å². The fourth-order valence-corrected chi connectivity index (χ4v) is 9.56. The maximum Gasteiger partial charge on any atom is 0.408 e. The van der Waals surface area contributed by atoms with Crippen molar-refractivity contribution in [1.82, 2.24) is 5.32 Å². The highest BCUT2D eigenvalue weighted by Crippen LogP contribution is 2.55. The maximum absolute atomic E-state index is 13.5. The van der Waals surface area contributed by atoms with Crippen LogP contribution in [-0.4, -0.2) is 70.2 Å². The Labute approximate surface area is 313 Å². The zero-order valence-corrected chi connectivity index (χ0v) is 31.6. The van der Waals surface area contributed by atoms with Crippen LogP contribution in [0.25, 0.3) is 11.0 Å². The van der Waals surface area contributed by atoms with E-state index < -0.39 is 59.3 Å². The number of alkyl carbamates (subject to hydrolysis) is 1. The summed E-state index contributed by atoms with van der Waals surface area (Å²) < 4.78 is 29.7. The molecule has 5 fully saturated rings. The monoisotopic (exact) mass is 746 g/mol. The smallest absolute Gasteiger partial charge is 0.408 e. The van der Waals surface area contributed by atoms with Gasteiger partial charge in [0.25, 0.3) is 5.91 Å². The van der Waals surface area contributed by atoms with E-state index in [2.05, 4.69) is 10.6 Å². The van der Waals surface area contributed by atoms with Crippen LogP contribution in [-0.2, 0) is 20.6 Å². The lowest BCUT2D eigenvalue weighted by molar-refractivity contribution is -0.305. The molecule has 4 bridgehead atoms. The molecule has 1 saturated heterocycles. The van der Waals surface area contributed by atoms with Gasteiger partial charge in [-0.2, -0.15) is 0 Å². The number of fused-ring (bicyclic) bond motifs is 1. The number of methoxy groups -OCH3 is 1. The number of aryl methyl sites for hydroxylation is 1. The molecule has 1 aromatic heterocycles. The van der Waals surface area contributed by atoms with Crippen LogP contribution in [0.4, 0.5) is 10.5 Å². The normalized spacial score (nSPS) is 29.4. The Morgan fingerprint density at radius 2 is 1.69 bits per heavy atom. The molecule has 290 valence electrons. The number of amides is 2. The molecule has 54 heavy (non-hydrogen) atoms. The Balaban J connectivity index is 1.09. The van der Waals surface area contributed by atoms with Crippen LogP contribution < -0.4 is 21.0 Å². The average Bonchev–Trinajstić information content (AvgIpc) is 3.08. The highest BCUT2D eigenvalue weighted by Gasteiger charge is 2.55. The van der Waals surface area contributed by atoms with E-state index in [1.165, 1.54) is 56.7 Å².